The van der Waals surface area contributed by atoms with Gasteiger partial charge < -0.3 is 25.7 Å². The third-order valence-electron chi connectivity index (χ3n) is 2.11. The van der Waals surface area contributed by atoms with Gasteiger partial charge in [0.05, 0.1) is 0 Å². The lowest BCUT2D eigenvalue weighted by Gasteiger charge is -2.07. The summed E-state index contributed by atoms with van der Waals surface area (Å²) in [5, 5.41) is 35.8. The van der Waals surface area contributed by atoms with Crippen molar-refractivity contribution in [1.82, 2.24) is 5.32 Å². The van der Waals surface area contributed by atoms with Gasteiger partial charge in [-0.15, -0.1) is 0 Å². The van der Waals surface area contributed by atoms with Crippen LogP contribution in [0.4, 0.5) is 0 Å². The van der Waals surface area contributed by atoms with Gasteiger partial charge in [-0.3, -0.25) is 0 Å². The highest BCUT2D eigenvalue weighted by molar-refractivity contribution is 5.83. The topological polar surface area (TPSA) is 127 Å². The van der Waals surface area contributed by atoms with Gasteiger partial charge in [0, 0.05) is 6.04 Å². The first-order valence-electron chi connectivity index (χ1n) is 4.91. The Morgan fingerprint density at radius 1 is 1.19 bits per heavy atom. The second kappa shape index (κ2) is 7.15. The summed E-state index contributed by atoms with van der Waals surface area (Å²) in [4.78, 5) is 19.5. The Labute approximate surface area is 92.7 Å². The Bertz CT molecular complexity index is 220. The van der Waals surface area contributed by atoms with E-state index in [1.54, 1.807) is 0 Å². The zero-order valence-corrected chi connectivity index (χ0v) is 8.96. The van der Waals surface area contributed by atoms with Gasteiger partial charge in [0.2, 0.25) is 0 Å². The predicted molar refractivity (Wildman–Crippen MR) is 54.0 cm³/mol. The highest BCUT2D eigenvalue weighted by Crippen LogP contribution is 2.01. The average Bonchev–Trinajstić information content (AvgIpc) is 2.67. The lowest BCUT2D eigenvalue weighted by atomic mass is 10.2. The van der Waals surface area contributed by atoms with Crippen LogP contribution in [0, 0.1) is 0 Å². The molecular weight excluding hydrogens is 218 g/mol. The molecule has 7 nitrogen and oxygen atoms in total. The maximum Gasteiger partial charge on any atom is 0.335 e. The van der Waals surface area contributed by atoms with Crippen molar-refractivity contribution in [2.24, 2.45) is 0 Å². The number of carbonyl (C=O) groups is 2. The van der Waals surface area contributed by atoms with Gasteiger partial charge in [-0.05, 0) is 26.3 Å². The molecule has 0 spiro atoms. The second-order valence-corrected chi connectivity index (χ2v) is 3.56. The number of rotatable bonds is 3. The highest BCUT2D eigenvalue weighted by atomic mass is 16.4. The molecule has 7 heteroatoms. The predicted octanol–water partition coefficient (Wildman–Crippen LogP) is -1.36. The molecule has 1 aliphatic rings. The molecule has 1 saturated heterocycles. The van der Waals surface area contributed by atoms with Gasteiger partial charge in [0.1, 0.15) is 0 Å². The third kappa shape index (κ3) is 5.64. The molecule has 0 amide bonds. The number of hydrogen-bond donors (Lipinski definition) is 5. The van der Waals surface area contributed by atoms with E-state index < -0.39 is 24.1 Å². The van der Waals surface area contributed by atoms with E-state index in [1.807, 2.05) is 0 Å². The van der Waals surface area contributed by atoms with Crippen molar-refractivity contribution in [1.29, 1.82) is 0 Å². The number of hydrogen-bond acceptors (Lipinski definition) is 5. The maximum absolute atomic E-state index is 9.77. The Morgan fingerprint density at radius 2 is 1.62 bits per heavy atom. The van der Waals surface area contributed by atoms with E-state index in [0.29, 0.717) is 0 Å². The Balaban J connectivity index is 0.000000315. The molecule has 94 valence electrons. The van der Waals surface area contributed by atoms with E-state index in [0.717, 1.165) is 6.04 Å². The first-order chi connectivity index (χ1) is 7.36. The molecule has 1 rings (SSSR count). The van der Waals surface area contributed by atoms with Crippen molar-refractivity contribution in [3.8, 4) is 0 Å². The molecule has 1 fully saturated rings. The number of aliphatic hydroxyl groups excluding tert-OH is 2. The van der Waals surface area contributed by atoms with Crippen LogP contribution in [-0.2, 0) is 9.59 Å². The summed E-state index contributed by atoms with van der Waals surface area (Å²) in [7, 11) is 0. The van der Waals surface area contributed by atoms with Gasteiger partial charge in [0.15, 0.2) is 12.2 Å². The molecule has 5 N–H and O–H groups in total. The van der Waals surface area contributed by atoms with E-state index >= 15 is 0 Å². The van der Waals surface area contributed by atoms with Crippen molar-refractivity contribution in [3.63, 3.8) is 0 Å². The largest absolute Gasteiger partial charge is 0.479 e. The SMILES string of the molecule is CC1CCCN1.O=C(O)C(O)C(O)C(=O)O. The molecular formula is C9H17NO6. The lowest BCUT2D eigenvalue weighted by Crippen LogP contribution is -2.39. The molecule has 0 bridgehead atoms. The van der Waals surface area contributed by atoms with Crippen molar-refractivity contribution in [2.75, 3.05) is 6.54 Å². The van der Waals surface area contributed by atoms with Crippen LogP contribution in [0.25, 0.3) is 0 Å². The standard InChI is InChI=1S/C5H11N.C4H6O6/c1-5-3-2-4-6-5;5-1(3(7)8)2(6)4(9)10/h5-6H,2-4H2,1H3;1-2,5-6H,(H,7,8)(H,9,10). The number of aliphatic hydroxyl groups is 2. The van der Waals surface area contributed by atoms with Crippen molar-refractivity contribution in [3.05, 3.63) is 0 Å². The molecule has 0 aromatic heterocycles. The normalized spacial score (nSPS) is 22.8. The lowest BCUT2D eigenvalue weighted by molar-refractivity contribution is -0.165. The monoisotopic (exact) mass is 235 g/mol. The molecule has 0 saturated carbocycles. The smallest absolute Gasteiger partial charge is 0.335 e. The zero-order valence-electron chi connectivity index (χ0n) is 8.96. The first-order valence-corrected chi connectivity index (χ1v) is 4.91. The van der Waals surface area contributed by atoms with E-state index in [-0.39, 0.29) is 0 Å². The third-order valence-corrected chi connectivity index (χ3v) is 2.11. The van der Waals surface area contributed by atoms with E-state index in [1.165, 1.54) is 19.4 Å². The summed E-state index contributed by atoms with van der Waals surface area (Å²) < 4.78 is 0. The number of carboxylic acids is 2. The van der Waals surface area contributed by atoms with Crippen LogP contribution in [0.3, 0.4) is 0 Å². The molecule has 16 heavy (non-hydrogen) atoms. The van der Waals surface area contributed by atoms with Crippen LogP contribution < -0.4 is 5.32 Å². The minimum atomic E-state index is -2.27. The summed E-state index contributed by atoms with van der Waals surface area (Å²) in [6.45, 7) is 3.47. The number of nitrogens with one attached hydrogen (secondary N) is 1. The van der Waals surface area contributed by atoms with Crippen LogP contribution in [0.1, 0.15) is 19.8 Å². The molecule has 0 aromatic carbocycles. The van der Waals surface area contributed by atoms with E-state index in [9.17, 15) is 9.59 Å². The molecule has 1 aliphatic heterocycles. The molecule has 3 unspecified atom stereocenters. The van der Waals surface area contributed by atoms with Crippen molar-refractivity contribution >= 4 is 11.9 Å². The van der Waals surface area contributed by atoms with Crippen LogP contribution >= 0.6 is 0 Å². The first kappa shape index (κ1) is 14.8. The van der Waals surface area contributed by atoms with Crippen LogP contribution in [0.15, 0.2) is 0 Å². The van der Waals surface area contributed by atoms with Gasteiger partial charge in [-0.1, -0.05) is 0 Å². The Morgan fingerprint density at radius 3 is 1.75 bits per heavy atom. The average molecular weight is 235 g/mol. The van der Waals surface area contributed by atoms with Crippen LogP contribution in [-0.4, -0.2) is 57.2 Å². The molecule has 0 radical (unpaired) electrons. The fraction of sp³-hybridized carbons (Fsp3) is 0.778. The Kier molecular flexibility index (Phi) is 6.63. The maximum atomic E-state index is 9.77. The van der Waals surface area contributed by atoms with Crippen molar-refractivity contribution < 1.29 is 30.0 Å². The fourth-order valence-electron chi connectivity index (χ4n) is 1.13. The minimum Gasteiger partial charge on any atom is -0.479 e. The Hall–Kier alpha value is -1.18. The van der Waals surface area contributed by atoms with Gasteiger partial charge >= 0.3 is 11.9 Å². The summed E-state index contributed by atoms with van der Waals surface area (Å²) in [5.41, 5.74) is 0. The van der Waals surface area contributed by atoms with E-state index in [4.69, 9.17) is 20.4 Å². The highest BCUT2D eigenvalue weighted by Gasteiger charge is 2.29. The van der Waals surface area contributed by atoms with Gasteiger partial charge in [-0.2, -0.15) is 0 Å². The van der Waals surface area contributed by atoms with Crippen molar-refractivity contribution in [2.45, 2.75) is 38.0 Å². The number of carboxylic acid groups (broad SMARTS) is 2. The molecule has 3 atom stereocenters. The summed E-state index contributed by atoms with van der Waals surface area (Å²) in [6.07, 6.45) is -1.78. The summed E-state index contributed by atoms with van der Waals surface area (Å²) >= 11 is 0. The minimum absolute atomic E-state index is 0.796. The summed E-state index contributed by atoms with van der Waals surface area (Å²) in [6, 6.07) is 0.796. The van der Waals surface area contributed by atoms with Crippen LogP contribution in [0.2, 0.25) is 0 Å². The number of aliphatic carboxylic acids is 2. The molecule has 0 aromatic rings. The van der Waals surface area contributed by atoms with E-state index in [2.05, 4.69) is 12.2 Å². The fourth-order valence-corrected chi connectivity index (χ4v) is 1.13. The van der Waals surface area contributed by atoms with Gasteiger partial charge in [0.25, 0.3) is 0 Å². The quantitative estimate of drug-likeness (QED) is 0.408. The zero-order chi connectivity index (χ0) is 12.7. The van der Waals surface area contributed by atoms with Crippen LogP contribution in [0.5, 0.6) is 0 Å². The molecule has 1 heterocycles. The molecule has 0 aliphatic carbocycles. The summed E-state index contributed by atoms with van der Waals surface area (Å²) in [5.74, 6) is -3.54. The van der Waals surface area contributed by atoms with Gasteiger partial charge in [-0.25, -0.2) is 9.59 Å². The second-order valence-electron chi connectivity index (χ2n) is 3.56.